The topological polar surface area (TPSA) is 12.4 Å². The van der Waals surface area contributed by atoms with Crippen molar-refractivity contribution in [2.24, 2.45) is 4.99 Å². The number of isothiocyanates is 1. The SMILES string of the molecule is S=C=Nc1csc(Cl)c1. The van der Waals surface area contributed by atoms with E-state index in [0.717, 1.165) is 10.0 Å². The third-order valence-corrected chi connectivity index (χ3v) is 1.90. The summed E-state index contributed by atoms with van der Waals surface area (Å²) in [6, 6.07) is 1.74. The predicted octanol–water partition coefficient (Wildman–Crippen LogP) is 3.14. The van der Waals surface area contributed by atoms with Gasteiger partial charge in [0.15, 0.2) is 0 Å². The zero-order chi connectivity index (χ0) is 6.69. The lowest BCUT2D eigenvalue weighted by atomic mass is 10.6. The lowest BCUT2D eigenvalue weighted by molar-refractivity contribution is 1.63. The first-order valence-electron chi connectivity index (χ1n) is 2.15. The minimum Gasteiger partial charge on any atom is -0.194 e. The minimum atomic E-state index is 0.721. The highest BCUT2D eigenvalue weighted by molar-refractivity contribution is 7.78. The summed E-state index contributed by atoms with van der Waals surface area (Å²) in [5.41, 5.74) is 0.778. The van der Waals surface area contributed by atoms with Crippen molar-refractivity contribution in [3.8, 4) is 0 Å². The van der Waals surface area contributed by atoms with E-state index in [2.05, 4.69) is 22.4 Å². The molecule has 1 aromatic heterocycles. The molecule has 0 aliphatic rings. The molecule has 0 saturated heterocycles. The van der Waals surface area contributed by atoms with Crippen molar-refractivity contribution in [1.29, 1.82) is 0 Å². The van der Waals surface area contributed by atoms with E-state index in [1.165, 1.54) is 11.3 Å². The van der Waals surface area contributed by atoms with Gasteiger partial charge in [0, 0.05) is 5.38 Å². The number of hydrogen-bond acceptors (Lipinski definition) is 3. The van der Waals surface area contributed by atoms with Crippen molar-refractivity contribution >= 4 is 46.0 Å². The van der Waals surface area contributed by atoms with Crippen LogP contribution in [-0.4, -0.2) is 5.16 Å². The molecule has 9 heavy (non-hydrogen) atoms. The molecule has 1 rings (SSSR count). The zero-order valence-corrected chi connectivity index (χ0v) is 6.69. The summed E-state index contributed by atoms with van der Waals surface area (Å²) >= 11 is 11.4. The molecule has 0 amide bonds. The highest BCUT2D eigenvalue weighted by Gasteiger charge is 1.91. The maximum Gasteiger partial charge on any atom is 0.0950 e. The van der Waals surface area contributed by atoms with Crippen LogP contribution in [-0.2, 0) is 0 Å². The Kier molecular flexibility index (Phi) is 2.37. The van der Waals surface area contributed by atoms with Gasteiger partial charge in [-0.15, -0.1) is 11.3 Å². The summed E-state index contributed by atoms with van der Waals surface area (Å²) in [7, 11) is 0. The average molecular weight is 176 g/mol. The summed E-state index contributed by atoms with van der Waals surface area (Å²) in [6.45, 7) is 0. The van der Waals surface area contributed by atoms with E-state index in [1.807, 2.05) is 5.38 Å². The van der Waals surface area contributed by atoms with Crippen molar-refractivity contribution in [2.75, 3.05) is 0 Å². The van der Waals surface area contributed by atoms with E-state index in [9.17, 15) is 0 Å². The summed E-state index contributed by atoms with van der Waals surface area (Å²) in [6.07, 6.45) is 0. The third kappa shape index (κ3) is 1.88. The highest BCUT2D eigenvalue weighted by atomic mass is 35.5. The van der Waals surface area contributed by atoms with Gasteiger partial charge in [-0.2, -0.15) is 4.99 Å². The number of thiocarbonyl (C=S) groups is 1. The van der Waals surface area contributed by atoms with Crippen LogP contribution in [0.4, 0.5) is 5.69 Å². The van der Waals surface area contributed by atoms with Crippen LogP contribution in [0.5, 0.6) is 0 Å². The van der Waals surface area contributed by atoms with E-state index in [0.29, 0.717) is 0 Å². The lowest BCUT2D eigenvalue weighted by Gasteiger charge is -1.72. The molecule has 0 bridgehead atoms. The van der Waals surface area contributed by atoms with Crippen LogP contribution in [0, 0.1) is 0 Å². The average Bonchev–Trinajstić information content (AvgIpc) is 2.17. The quantitative estimate of drug-likeness (QED) is 0.472. The molecule has 46 valence electrons. The third-order valence-electron chi connectivity index (χ3n) is 0.728. The normalized spacial score (nSPS) is 8.56. The van der Waals surface area contributed by atoms with Gasteiger partial charge in [-0.1, -0.05) is 11.6 Å². The van der Waals surface area contributed by atoms with Crippen LogP contribution in [0.3, 0.4) is 0 Å². The lowest BCUT2D eigenvalue weighted by Crippen LogP contribution is -1.46. The molecule has 0 unspecified atom stereocenters. The van der Waals surface area contributed by atoms with Crippen LogP contribution >= 0.6 is 35.2 Å². The second-order valence-corrected chi connectivity index (χ2v) is 3.04. The standard InChI is InChI=1S/C5H2ClNS2/c6-5-1-4(2-9-5)7-3-8/h1-2H. The van der Waals surface area contributed by atoms with Gasteiger partial charge in [0.05, 0.1) is 15.2 Å². The fourth-order valence-electron chi connectivity index (χ4n) is 0.412. The number of hydrogen-bond donors (Lipinski definition) is 0. The Morgan fingerprint density at radius 1 is 1.78 bits per heavy atom. The van der Waals surface area contributed by atoms with Crippen molar-refractivity contribution < 1.29 is 0 Å². The zero-order valence-electron chi connectivity index (χ0n) is 4.30. The number of thiophene rings is 1. The predicted molar refractivity (Wildman–Crippen MR) is 44.0 cm³/mol. The van der Waals surface area contributed by atoms with Crippen molar-refractivity contribution in [2.45, 2.75) is 0 Å². The number of rotatable bonds is 1. The van der Waals surface area contributed by atoms with Gasteiger partial charge in [0.1, 0.15) is 0 Å². The van der Waals surface area contributed by atoms with E-state index in [1.54, 1.807) is 6.07 Å². The monoisotopic (exact) mass is 175 g/mol. The van der Waals surface area contributed by atoms with Crippen molar-refractivity contribution in [3.63, 3.8) is 0 Å². The maximum atomic E-state index is 5.59. The van der Waals surface area contributed by atoms with Gasteiger partial charge >= 0.3 is 0 Å². The molecule has 1 aromatic rings. The molecular formula is C5H2ClNS2. The van der Waals surface area contributed by atoms with Crippen LogP contribution in [0.15, 0.2) is 16.4 Å². The smallest absolute Gasteiger partial charge is 0.0950 e. The fraction of sp³-hybridized carbons (Fsp3) is 0. The van der Waals surface area contributed by atoms with Gasteiger partial charge in [0.25, 0.3) is 0 Å². The molecule has 0 aliphatic carbocycles. The molecule has 0 radical (unpaired) electrons. The van der Waals surface area contributed by atoms with E-state index < -0.39 is 0 Å². The number of aliphatic imine (C=N–C) groups is 1. The van der Waals surface area contributed by atoms with E-state index >= 15 is 0 Å². The first-order chi connectivity index (χ1) is 4.33. The molecule has 4 heteroatoms. The summed E-state index contributed by atoms with van der Waals surface area (Å²) in [5.74, 6) is 0. The Hall–Kier alpha value is -0.210. The first-order valence-corrected chi connectivity index (χ1v) is 3.81. The summed E-state index contributed by atoms with van der Waals surface area (Å²) in [5, 5.41) is 4.07. The fourth-order valence-corrected chi connectivity index (χ4v) is 1.31. The first kappa shape index (κ1) is 6.90. The van der Waals surface area contributed by atoms with Gasteiger partial charge < -0.3 is 0 Å². The van der Waals surface area contributed by atoms with Crippen LogP contribution in [0.1, 0.15) is 0 Å². The molecule has 0 saturated carbocycles. The number of nitrogens with zero attached hydrogens (tertiary/aromatic N) is 1. The van der Waals surface area contributed by atoms with Gasteiger partial charge in [0.2, 0.25) is 0 Å². The maximum absolute atomic E-state index is 5.59. The molecular weight excluding hydrogens is 174 g/mol. The van der Waals surface area contributed by atoms with Gasteiger partial charge in [-0.3, -0.25) is 0 Å². The largest absolute Gasteiger partial charge is 0.194 e. The van der Waals surface area contributed by atoms with Crippen LogP contribution in [0.25, 0.3) is 0 Å². The Balaban J connectivity index is 2.97. The molecule has 0 spiro atoms. The summed E-state index contributed by atoms with van der Waals surface area (Å²) in [4.78, 5) is 3.72. The van der Waals surface area contributed by atoms with Gasteiger partial charge in [-0.05, 0) is 18.3 Å². The molecule has 0 fully saturated rings. The van der Waals surface area contributed by atoms with Crippen LogP contribution < -0.4 is 0 Å². The molecule has 1 nitrogen and oxygen atoms in total. The molecule has 0 aliphatic heterocycles. The Morgan fingerprint density at radius 3 is 3.00 bits per heavy atom. The second-order valence-electron chi connectivity index (χ2n) is 1.31. The second kappa shape index (κ2) is 3.08. The number of halogens is 1. The van der Waals surface area contributed by atoms with Gasteiger partial charge in [-0.25, -0.2) is 0 Å². The molecule has 1 heterocycles. The van der Waals surface area contributed by atoms with Crippen molar-refractivity contribution in [3.05, 3.63) is 15.8 Å². The Labute approximate surface area is 67.0 Å². The summed E-state index contributed by atoms with van der Waals surface area (Å²) < 4.78 is 0.721. The molecule has 0 atom stereocenters. The Bertz CT molecular complexity index is 249. The van der Waals surface area contributed by atoms with Crippen LogP contribution in [0.2, 0.25) is 4.34 Å². The van der Waals surface area contributed by atoms with E-state index in [4.69, 9.17) is 11.6 Å². The Morgan fingerprint density at radius 2 is 2.56 bits per heavy atom. The molecule has 0 N–H and O–H groups in total. The minimum absolute atomic E-state index is 0.721. The van der Waals surface area contributed by atoms with E-state index in [-0.39, 0.29) is 0 Å². The van der Waals surface area contributed by atoms with Crippen molar-refractivity contribution in [1.82, 2.24) is 0 Å². The molecule has 0 aromatic carbocycles. The highest BCUT2D eigenvalue weighted by Crippen LogP contribution is 2.25.